The highest BCUT2D eigenvalue weighted by molar-refractivity contribution is 5.89. The van der Waals surface area contributed by atoms with Gasteiger partial charge in [0, 0.05) is 0 Å². The van der Waals surface area contributed by atoms with Gasteiger partial charge >= 0.3 is 5.97 Å². The van der Waals surface area contributed by atoms with Crippen LogP contribution in [0.4, 0.5) is 4.39 Å². The molecule has 1 aromatic rings. The van der Waals surface area contributed by atoms with Crippen LogP contribution in [0.3, 0.4) is 0 Å². The van der Waals surface area contributed by atoms with Crippen LogP contribution in [-0.2, 0) is 4.74 Å². The third kappa shape index (κ3) is 2.78. The van der Waals surface area contributed by atoms with Crippen molar-refractivity contribution in [3.05, 3.63) is 35.1 Å². The summed E-state index contributed by atoms with van der Waals surface area (Å²) in [4.78, 5) is 11.3. The van der Waals surface area contributed by atoms with Crippen molar-refractivity contribution in [1.29, 1.82) is 5.26 Å². The van der Waals surface area contributed by atoms with Crippen molar-refractivity contribution in [3.63, 3.8) is 0 Å². The van der Waals surface area contributed by atoms with Crippen LogP contribution in [0.1, 0.15) is 29.8 Å². The van der Waals surface area contributed by atoms with Crippen molar-refractivity contribution in [2.24, 2.45) is 0 Å². The van der Waals surface area contributed by atoms with Crippen LogP contribution in [0.15, 0.2) is 18.2 Å². The molecule has 0 saturated carbocycles. The summed E-state index contributed by atoms with van der Waals surface area (Å²) in [5.74, 6) is -1.45. The van der Waals surface area contributed by atoms with Crippen molar-refractivity contribution >= 4 is 5.97 Å². The predicted molar refractivity (Wildman–Crippen MR) is 51.7 cm³/mol. The van der Waals surface area contributed by atoms with E-state index in [-0.39, 0.29) is 17.2 Å². The number of rotatable bonds is 2. The van der Waals surface area contributed by atoms with Gasteiger partial charge in [0.25, 0.3) is 0 Å². The highest BCUT2D eigenvalue weighted by Crippen LogP contribution is 2.12. The summed E-state index contributed by atoms with van der Waals surface area (Å²) in [6.45, 7) is 3.36. The first-order valence-corrected chi connectivity index (χ1v) is 4.45. The second kappa shape index (κ2) is 4.56. The molecule has 0 amide bonds. The number of nitrogens with zero attached hydrogens (tertiary/aromatic N) is 1. The Morgan fingerprint density at radius 1 is 1.53 bits per heavy atom. The number of carbonyl (C=O) groups excluding carboxylic acids is 1. The average molecular weight is 207 g/mol. The third-order valence-electron chi connectivity index (χ3n) is 1.66. The van der Waals surface area contributed by atoms with Crippen molar-refractivity contribution in [3.8, 4) is 6.07 Å². The van der Waals surface area contributed by atoms with Crippen molar-refractivity contribution < 1.29 is 13.9 Å². The monoisotopic (exact) mass is 207 g/mol. The van der Waals surface area contributed by atoms with Crippen LogP contribution in [0.25, 0.3) is 0 Å². The van der Waals surface area contributed by atoms with Gasteiger partial charge in [-0.3, -0.25) is 0 Å². The normalized spacial score (nSPS) is 9.80. The minimum absolute atomic E-state index is 0.150. The lowest BCUT2D eigenvalue weighted by Gasteiger charge is -2.08. The smallest absolute Gasteiger partial charge is 0.341 e. The fourth-order valence-corrected chi connectivity index (χ4v) is 1.03. The highest BCUT2D eigenvalue weighted by atomic mass is 19.1. The molecule has 0 unspecified atom stereocenters. The minimum atomic E-state index is -0.736. The summed E-state index contributed by atoms with van der Waals surface area (Å²) in [5, 5.41) is 8.50. The second-order valence-corrected chi connectivity index (χ2v) is 3.26. The first-order valence-electron chi connectivity index (χ1n) is 4.45. The Kier molecular flexibility index (Phi) is 3.40. The first-order chi connectivity index (χ1) is 7.04. The van der Waals surface area contributed by atoms with Gasteiger partial charge in [0.05, 0.1) is 23.3 Å². The average Bonchev–Trinajstić information content (AvgIpc) is 2.16. The second-order valence-electron chi connectivity index (χ2n) is 3.26. The summed E-state index contributed by atoms with van der Waals surface area (Å²) in [5.41, 5.74) is 0.0243. The molecule has 0 aromatic heterocycles. The first kappa shape index (κ1) is 11.2. The zero-order chi connectivity index (χ0) is 11.4. The van der Waals surface area contributed by atoms with E-state index in [9.17, 15) is 9.18 Å². The molecule has 0 atom stereocenters. The van der Waals surface area contributed by atoms with E-state index in [1.54, 1.807) is 19.9 Å². The molecule has 1 aromatic carbocycles. The molecule has 3 nitrogen and oxygen atoms in total. The Morgan fingerprint density at radius 3 is 2.67 bits per heavy atom. The molecule has 78 valence electrons. The van der Waals surface area contributed by atoms with Crippen molar-refractivity contribution in [2.45, 2.75) is 20.0 Å². The zero-order valence-corrected chi connectivity index (χ0v) is 8.45. The lowest BCUT2D eigenvalue weighted by Crippen LogP contribution is -2.13. The molecule has 0 aliphatic carbocycles. The fraction of sp³-hybridized carbons (Fsp3) is 0.273. The van der Waals surface area contributed by atoms with E-state index in [0.29, 0.717) is 0 Å². The Morgan fingerprint density at radius 2 is 2.20 bits per heavy atom. The van der Waals surface area contributed by atoms with E-state index >= 15 is 0 Å². The molecule has 0 radical (unpaired) electrons. The molecule has 0 aliphatic rings. The number of esters is 1. The van der Waals surface area contributed by atoms with Crippen molar-refractivity contribution in [1.82, 2.24) is 0 Å². The van der Waals surface area contributed by atoms with Gasteiger partial charge in [-0.15, -0.1) is 0 Å². The number of ether oxygens (including phenoxy) is 1. The molecule has 0 fully saturated rings. The summed E-state index contributed by atoms with van der Waals surface area (Å²) in [6.07, 6.45) is -0.299. The number of halogens is 1. The Bertz CT molecular complexity index is 421. The number of hydrogen-bond acceptors (Lipinski definition) is 3. The number of carbonyl (C=O) groups is 1. The topological polar surface area (TPSA) is 50.1 Å². The van der Waals surface area contributed by atoms with E-state index in [0.717, 1.165) is 6.07 Å². The van der Waals surface area contributed by atoms with E-state index in [1.807, 2.05) is 0 Å². The lowest BCUT2D eigenvalue weighted by molar-refractivity contribution is 0.0372. The van der Waals surface area contributed by atoms with Gasteiger partial charge in [0.2, 0.25) is 0 Å². The summed E-state index contributed by atoms with van der Waals surface area (Å²) >= 11 is 0. The maximum absolute atomic E-state index is 13.3. The lowest BCUT2D eigenvalue weighted by atomic mass is 10.1. The molecular formula is C11H10FNO2. The van der Waals surface area contributed by atoms with Crippen LogP contribution < -0.4 is 0 Å². The molecule has 15 heavy (non-hydrogen) atoms. The van der Waals surface area contributed by atoms with E-state index in [4.69, 9.17) is 10.00 Å². The maximum atomic E-state index is 13.3. The Labute approximate surface area is 87.1 Å². The standard InChI is InChI=1S/C11H10FNO2/c1-7(2)15-11(14)9-4-3-8(6-13)5-10(9)12/h3-5,7H,1-2H3. The summed E-state index contributed by atoms with van der Waals surface area (Å²) < 4.78 is 18.1. The zero-order valence-electron chi connectivity index (χ0n) is 8.45. The molecule has 0 aliphatic heterocycles. The predicted octanol–water partition coefficient (Wildman–Crippen LogP) is 2.26. The minimum Gasteiger partial charge on any atom is -0.459 e. The summed E-state index contributed by atoms with van der Waals surface area (Å²) in [7, 11) is 0. The van der Waals surface area contributed by atoms with Crippen LogP contribution in [0, 0.1) is 17.1 Å². The van der Waals surface area contributed by atoms with Crippen LogP contribution in [0.5, 0.6) is 0 Å². The molecule has 4 heteroatoms. The van der Waals surface area contributed by atoms with Gasteiger partial charge in [-0.2, -0.15) is 5.26 Å². The van der Waals surface area contributed by atoms with Gasteiger partial charge in [-0.05, 0) is 32.0 Å². The van der Waals surface area contributed by atoms with E-state index in [1.165, 1.54) is 12.1 Å². The summed E-state index contributed by atoms with van der Waals surface area (Å²) in [6, 6.07) is 5.42. The fourth-order valence-electron chi connectivity index (χ4n) is 1.03. The van der Waals surface area contributed by atoms with E-state index in [2.05, 4.69) is 0 Å². The molecule has 0 bridgehead atoms. The van der Waals surface area contributed by atoms with E-state index < -0.39 is 11.8 Å². The number of benzene rings is 1. The van der Waals surface area contributed by atoms with Crippen LogP contribution in [-0.4, -0.2) is 12.1 Å². The van der Waals surface area contributed by atoms with Gasteiger partial charge in [0.15, 0.2) is 0 Å². The third-order valence-corrected chi connectivity index (χ3v) is 1.66. The molecule has 0 spiro atoms. The molecule has 0 saturated heterocycles. The van der Waals surface area contributed by atoms with Gasteiger partial charge in [-0.25, -0.2) is 9.18 Å². The van der Waals surface area contributed by atoms with Crippen LogP contribution >= 0.6 is 0 Å². The molecular weight excluding hydrogens is 197 g/mol. The number of hydrogen-bond donors (Lipinski definition) is 0. The largest absolute Gasteiger partial charge is 0.459 e. The highest BCUT2D eigenvalue weighted by Gasteiger charge is 2.14. The molecule has 0 heterocycles. The molecule has 1 rings (SSSR count). The SMILES string of the molecule is CC(C)OC(=O)c1ccc(C#N)cc1F. The Hall–Kier alpha value is -1.89. The molecule has 0 N–H and O–H groups in total. The van der Waals surface area contributed by atoms with Gasteiger partial charge in [0.1, 0.15) is 5.82 Å². The van der Waals surface area contributed by atoms with Crippen LogP contribution in [0.2, 0.25) is 0 Å². The van der Waals surface area contributed by atoms with Gasteiger partial charge in [-0.1, -0.05) is 0 Å². The number of nitriles is 1. The quantitative estimate of drug-likeness (QED) is 0.699. The van der Waals surface area contributed by atoms with Gasteiger partial charge < -0.3 is 4.74 Å². The Balaban J connectivity index is 2.97. The van der Waals surface area contributed by atoms with Crippen molar-refractivity contribution in [2.75, 3.05) is 0 Å². The maximum Gasteiger partial charge on any atom is 0.341 e.